The van der Waals surface area contributed by atoms with Gasteiger partial charge in [0.1, 0.15) is 6.61 Å². The van der Waals surface area contributed by atoms with Crippen LogP contribution in [0.15, 0.2) is 24.3 Å². The van der Waals surface area contributed by atoms with E-state index >= 15 is 0 Å². The minimum atomic E-state index is -0.127. The van der Waals surface area contributed by atoms with Gasteiger partial charge in [0.25, 0.3) is 0 Å². The maximum absolute atomic E-state index is 12.1. The van der Waals surface area contributed by atoms with Gasteiger partial charge in [-0.3, -0.25) is 9.59 Å². The van der Waals surface area contributed by atoms with E-state index in [0.29, 0.717) is 26.1 Å². The van der Waals surface area contributed by atoms with Crippen LogP contribution in [-0.4, -0.2) is 38.1 Å². The fraction of sp³-hybridized carbons (Fsp3) is 0.500. The van der Waals surface area contributed by atoms with E-state index in [2.05, 4.69) is 5.32 Å². The van der Waals surface area contributed by atoms with E-state index < -0.39 is 0 Å². The van der Waals surface area contributed by atoms with Crippen molar-refractivity contribution in [3.8, 4) is 0 Å². The summed E-state index contributed by atoms with van der Waals surface area (Å²) in [5.74, 6) is 0.144. The summed E-state index contributed by atoms with van der Waals surface area (Å²) in [5.41, 5.74) is 2.10. The number of carbonyl (C=O) groups is 2. The number of ether oxygens (including phenoxy) is 1. The van der Waals surface area contributed by atoms with Gasteiger partial charge in [-0.25, -0.2) is 0 Å². The average molecular weight is 290 g/mol. The van der Waals surface area contributed by atoms with E-state index in [9.17, 15) is 9.59 Å². The summed E-state index contributed by atoms with van der Waals surface area (Å²) in [4.78, 5) is 25.4. The van der Waals surface area contributed by atoms with Gasteiger partial charge in [0.2, 0.25) is 11.8 Å². The van der Waals surface area contributed by atoms with Crippen molar-refractivity contribution in [2.75, 3.05) is 31.2 Å². The van der Waals surface area contributed by atoms with Crippen LogP contribution in [0, 0.1) is 12.8 Å². The molecule has 1 fully saturated rings. The van der Waals surface area contributed by atoms with Gasteiger partial charge in [0, 0.05) is 37.7 Å². The smallest absolute Gasteiger partial charge is 0.246 e. The third-order valence-corrected chi connectivity index (χ3v) is 3.58. The molecule has 5 heteroatoms. The second-order valence-corrected chi connectivity index (χ2v) is 5.35. The number of hydrogen-bond acceptors (Lipinski definition) is 3. The molecule has 1 heterocycles. The molecule has 2 rings (SSSR count). The summed E-state index contributed by atoms with van der Waals surface area (Å²) in [6, 6.07) is 7.92. The van der Waals surface area contributed by atoms with Crippen molar-refractivity contribution in [3.05, 3.63) is 29.8 Å². The first-order valence-electron chi connectivity index (χ1n) is 7.31. The van der Waals surface area contributed by atoms with Crippen molar-refractivity contribution in [2.45, 2.75) is 20.3 Å². The molecule has 1 aromatic carbocycles. The van der Waals surface area contributed by atoms with Gasteiger partial charge in [0.15, 0.2) is 0 Å². The van der Waals surface area contributed by atoms with E-state index in [4.69, 9.17) is 4.74 Å². The van der Waals surface area contributed by atoms with Crippen LogP contribution in [0.4, 0.5) is 5.69 Å². The highest BCUT2D eigenvalue weighted by Gasteiger charge is 2.30. The number of carbonyl (C=O) groups excluding carboxylic acids is 2. The first-order valence-corrected chi connectivity index (χ1v) is 7.31. The molecule has 114 valence electrons. The van der Waals surface area contributed by atoms with Crippen LogP contribution in [-0.2, 0) is 14.3 Å². The van der Waals surface area contributed by atoms with Gasteiger partial charge < -0.3 is 15.0 Å². The maximum Gasteiger partial charge on any atom is 0.246 e. The molecular formula is C16H22N2O3. The standard InChI is InChI=1S/C16H22N2O3/c1-3-21-11-15(19)17-9-13-8-16(20)18(10-13)14-6-4-12(2)5-7-14/h4-7,13H,3,8-11H2,1-2H3,(H,17,19)/t13-/m1/s1. The van der Waals surface area contributed by atoms with Crippen LogP contribution in [0.3, 0.4) is 0 Å². The number of rotatable bonds is 6. The molecule has 0 radical (unpaired) electrons. The maximum atomic E-state index is 12.1. The lowest BCUT2D eigenvalue weighted by molar-refractivity contribution is -0.125. The van der Waals surface area contributed by atoms with E-state index in [1.165, 1.54) is 5.56 Å². The predicted octanol–water partition coefficient (Wildman–Crippen LogP) is 1.50. The molecule has 0 unspecified atom stereocenters. The Morgan fingerprint density at radius 2 is 2.10 bits per heavy atom. The Labute approximate surface area is 125 Å². The topological polar surface area (TPSA) is 58.6 Å². The number of nitrogens with one attached hydrogen (secondary N) is 1. The minimum Gasteiger partial charge on any atom is -0.372 e. The van der Waals surface area contributed by atoms with Crippen LogP contribution in [0.1, 0.15) is 18.9 Å². The Morgan fingerprint density at radius 3 is 2.76 bits per heavy atom. The highest BCUT2D eigenvalue weighted by molar-refractivity contribution is 5.95. The van der Waals surface area contributed by atoms with Gasteiger partial charge in [-0.05, 0) is 26.0 Å². The van der Waals surface area contributed by atoms with Crippen molar-refractivity contribution in [2.24, 2.45) is 5.92 Å². The van der Waals surface area contributed by atoms with E-state index in [0.717, 1.165) is 5.69 Å². The first kappa shape index (κ1) is 15.5. The third-order valence-electron chi connectivity index (χ3n) is 3.58. The quantitative estimate of drug-likeness (QED) is 0.864. The number of anilines is 1. The van der Waals surface area contributed by atoms with Crippen LogP contribution >= 0.6 is 0 Å². The molecule has 1 aliphatic heterocycles. The number of hydrogen-bond donors (Lipinski definition) is 1. The van der Waals surface area contributed by atoms with Crippen molar-refractivity contribution in [3.63, 3.8) is 0 Å². The molecule has 1 N–H and O–H groups in total. The lowest BCUT2D eigenvalue weighted by Gasteiger charge is -2.17. The average Bonchev–Trinajstić information content (AvgIpc) is 2.85. The van der Waals surface area contributed by atoms with Crippen molar-refractivity contribution < 1.29 is 14.3 Å². The Kier molecular flexibility index (Phi) is 5.33. The second-order valence-electron chi connectivity index (χ2n) is 5.35. The Balaban J connectivity index is 1.85. The van der Waals surface area contributed by atoms with E-state index in [-0.39, 0.29) is 24.3 Å². The molecular weight excluding hydrogens is 268 g/mol. The lowest BCUT2D eigenvalue weighted by Crippen LogP contribution is -2.33. The predicted molar refractivity (Wildman–Crippen MR) is 81.1 cm³/mol. The summed E-state index contributed by atoms with van der Waals surface area (Å²) in [6.45, 7) is 5.64. The molecule has 1 saturated heterocycles. The van der Waals surface area contributed by atoms with Gasteiger partial charge in [-0.2, -0.15) is 0 Å². The fourth-order valence-corrected chi connectivity index (χ4v) is 2.40. The summed E-state index contributed by atoms with van der Waals surface area (Å²) < 4.78 is 5.04. The zero-order valence-electron chi connectivity index (χ0n) is 12.6. The SMILES string of the molecule is CCOCC(=O)NC[C@H]1CC(=O)N(c2ccc(C)cc2)C1. The zero-order valence-corrected chi connectivity index (χ0v) is 12.6. The Hall–Kier alpha value is -1.88. The first-order chi connectivity index (χ1) is 10.1. The van der Waals surface area contributed by atoms with Crippen molar-refractivity contribution >= 4 is 17.5 Å². The minimum absolute atomic E-state index is 0.0822. The molecule has 0 aromatic heterocycles. The fourth-order valence-electron chi connectivity index (χ4n) is 2.40. The molecule has 0 aliphatic carbocycles. The molecule has 21 heavy (non-hydrogen) atoms. The molecule has 0 spiro atoms. The summed E-state index contributed by atoms with van der Waals surface area (Å²) in [5, 5.41) is 2.82. The van der Waals surface area contributed by atoms with Gasteiger partial charge >= 0.3 is 0 Å². The Bertz CT molecular complexity index is 499. The zero-order chi connectivity index (χ0) is 15.2. The normalized spacial score (nSPS) is 18.1. The van der Waals surface area contributed by atoms with Gasteiger partial charge in [-0.1, -0.05) is 17.7 Å². The molecule has 5 nitrogen and oxygen atoms in total. The largest absolute Gasteiger partial charge is 0.372 e. The number of amides is 2. The molecule has 1 aromatic rings. The summed E-state index contributed by atoms with van der Waals surface area (Å²) in [7, 11) is 0. The van der Waals surface area contributed by atoms with Gasteiger partial charge in [0.05, 0.1) is 0 Å². The van der Waals surface area contributed by atoms with E-state index in [1.54, 1.807) is 4.90 Å². The summed E-state index contributed by atoms with van der Waals surface area (Å²) >= 11 is 0. The van der Waals surface area contributed by atoms with Crippen LogP contribution in [0.25, 0.3) is 0 Å². The van der Waals surface area contributed by atoms with Crippen molar-refractivity contribution in [1.82, 2.24) is 5.32 Å². The molecule has 1 aliphatic rings. The summed E-state index contributed by atoms with van der Waals surface area (Å²) in [6.07, 6.45) is 0.475. The number of benzene rings is 1. The molecule has 1 atom stereocenters. The molecule has 2 amide bonds. The number of nitrogens with zero attached hydrogens (tertiary/aromatic N) is 1. The van der Waals surface area contributed by atoms with Crippen LogP contribution in [0.2, 0.25) is 0 Å². The monoisotopic (exact) mass is 290 g/mol. The van der Waals surface area contributed by atoms with Crippen LogP contribution < -0.4 is 10.2 Å². The third kappa shape index (κ3) is 4.29. The molecule has 0 saturated carbocycles. The Morgan fingerprint density at radius 1 is 1.38 bits per heavy atom. The lowest BCUT2D eigenvalue weighted by atomic mass is 10.1. The second kappa shape index (κ2) is 7.22. The van der Waals surface area contributed by atoms with Crippen molar-refractivity contribution in [1.29, 1.82) is 0 Å². The van der Waals surface area contributed by atoms with Gasteiger partial charge in [-0.15, -0.1) is 0 Å². The highest BCUT2D eigenvalue weighted by atomic mass is 16.5. The molecule has 0 bridgehead atoms. The van der Waals surface area contributed by atoms with Crippen LogP contribution in [0.5, 0.6) is 0 Å². The van der Waals surface area contributed by atoms with E-state index in [1.807, 2.05) is 38.1 Å². The highest BCUT2D eigenvalue weighted by Crippen LogP contribution is 2.24. The number of aryl methyl sites for hydroxylation is 1.